The molecule has 2 aliphatic rings. The van der Waals surface area contributed by atoms with Gasteiger partial charge in [0.05, 0.1) is 19.0 Å². The van der Waals surface area contributed by atoms with Crippen molar-refractivity contribution < 1.29 is 47.0 Å². The number of carbonyl (C=O) groups is 3. The number of benzene rings is 2. The van der Waals surface area contributed by atoms with Crippen molar-refractivity contribution in [1.29, 1.82) is 0 Å². The number of carbonyl (C=O) groups excluding carboxylic acids is 2. The molecule has 2 N–H and O–H groups in total. The lowest BCUT2D eigenvalue weighted by molar-refractivity contribution is -0.169. The molecule has 1 amide bonds. The summed E-state index contributed by atoms with van der Waals surface area (Å²) in [6.45, 7) is 4.81. The van der Waals surface area contributed by atoms with E-state index in [1.54, 1.807) is 36.4 Å². The van der Waals surface area contributed by atoms with Crippen LogP contribution in [0, 0.1) is 23.5 Å². The predicted molar refractivity (Wildman–Crippen MR) is 157 cm³/mol. The number of alkyl carbamates (subject to hydrolysis) is 1. The van der Waals surface area contributed by atoms with Crippen LogP contribution < -0.4 is 10.1 Å². The van der Waals surface area contributed by atoms with E-state index in [2.05, 4.69) is 5.32 Å². The number of hydrogen-bond acceptors (Lipinski definition) is 8. The summed E-state index contributed by atoms with van der Waals surface area (Å²) in [4.78, 5) is 35.9. The van der Waals surface area contributed by atoms with Gasteiger partial charge in [0.15, 0.2) is 10.9 Å². The first-order valence-corrected chi connectivity index (χ1v) is 15.5. The van der Waals surface area contributed by atoms with Gasteiger partial charge < -0.3 is 29.2 Å². The molecule has 2 aromatic rings. The fourth-order valence-electron chi connectivity index (χ4n) is 5.16. The van der Waals surface area contributed by atoms with Gasteiger partial charge in [-0.25, -0.2) is 18.4 Å². The molecule has 13 heteroatoms. The molecule has 0 radical (unpaired) electrons. The van der Waals surface area contributed by atoms with E-state index >= 15 is 0 Å². The predicted octanol–water partition coefficient (Wildman–Crippen LogP) is 4.67. The van der Waals surface area contributed by atoms with E-state index in [0.29, 0.717) is 24.2 Å². The summed E-state index contributed by atoms with van der Waals surface area (Å²) in [5, 5.41) is 11.6. The summed E-state index contributed by atoms with van der Waals surface area (Å²) in [5.41, 5.74) is -0.846. The second-order valence-electron chi connectivity index (χ2n) is 11.2. The lowest BCUT2D eigenvalue weighted by atomic mass is 9.87. The molecule has 238 valence electrons. The van der Waals surface area contributed by atoms with Crippen LogP contribution in [-0.4, -0.2) is 62.7 Å². The zero-order valence-corrected chi connectivity index (χ0v) is 25.4. The number of carboxylic acid groups (broad SMARTS) is 1. The molecule has 1 aliphatic heterocycles. The fourth-order valence-corrected chi connectivity index (χ4v) is 6.90. The van der Waals surface area contributed by atoms with E-state index in [4.69, 9.17) is 14.2 Å². The van der Waals surface area contributed by atoms with Gasteiger partial charge in [-0.2, -0.15) is 0 Å². The van der Waals surface area contributed by atoms with Crippen LogP contribution in [0.15, 0.2) is 60.7 Å². The average Bonchev–Trinajstić information content (AvgIpc) is 2.95. The first-order chi connectivity index (χ1) is 20.9. The van der Waals surface area contributed by atoms with Gasteiger partial charge in [-0.15, -0.1) is 4.31 Å². The van der Waals surface area contributed by atoms with E-state index in [-0.39, 0.29) is 25.4 Å². The Morgan fingerprint density at radius 1 is 1.09 bits per heavy atom. The highest BCUT2D eigenvalue weighted by Gasteiger charge is 2.55. The Bertz CT molecular complexity index is 1350. The van der Waals surface area contributed by atoms with Crippen LogP contribution in [0.3, 0.4) is 0 Å². The second-order valence-corrected chi connectivity index (χ2v) is 12.9. The maximum absolute atomic E-state index is 14.9. The van der Waals surface area contributed by atoms with Gasteiger partial charge in [-0.05, 0) is 55.2 Å². The van der Waals surface area contributed by atoms with Gasteiger partial charge in [-0.1, -0.05) is 38.1 Å². The normalized spacial score (nSPS) is 21.4. The first kappa shape index (κ1) is 33.2. The largest absolute Gasteiger partial charge is 0.597 e. The maximum atomic E-state index is 14.9. The Morgan fingerprint density at radius 3 is 2.41 bits per heavy atom. The number of ether oxygens (including phenoxy) is 3. The molecular formula is C31H36F2N2O8S. The molecule has 44 heavy (non-hydrogen) atoms. The van der Waals surface area contributed by atoms with Crippen LogP contribution in [0.4, 0.5) is 13.6 Å². The Morgan fingerprint density at radius 2 is 1.77 bits per heavy atom. The summed E-state index contributed by atoms with van der Waals surface area (Å²) in [5.74, 6) is -3.05. The lowest BCUT2D eigenvalue weighted by Gasteiger charge is -2.49. The first-order valence-electron chi connectivity index (χ1n) is 14.3. The van der Waals surface area contributed by atoms with Crippen LogP contribution in [-0.2, 0) is 36.0 Å². The van der Waals surface area contributed by atoms with Crippen molar-refractivity contribution in [2.24, 2.45) is 11.8 Å². The van der Waals surface area contributed by atoms with Gasteiger partial charge in [0.2, 0.25) is 6.29 Å². The van der Waals surface area contributed by atoms with Gasteiger partial charge in [0.25, 0.3) is 0 Å². The second kappa shape index (κ2) is 14.4. The highest BCUT2D eigenvalue weighted by atomic mass is 32.2. The monoisotopic (exact) mass is 634 g/mol. The molecule has 0 saturated carbocycles. The third kappa shape index (κ3) is 8.27. The van der Waals surface area contributed by atoms with Crippen LogP contribution in [0.5, 0.6) is 5.75 Å². The van der Waals surface area contributed by atoms with Gasteiger partial charge in [-0.3, -0.25) is 4.79 Å². The molecule has 0 aromatic heterocycles. The van der Waals surface area contributed by atoms with Crippen molar-refractivity contribution in [3.05, 3.63) is 77.9 Å². The van der Waals surface area contributed by atoms with Crippen molar-refractivity contribution in [1.82, 2.24) is 9.62 Å². The lowest BCUT2D eigenvalue weighted by Crippen LogP contribution is -2.65. The minimum Gasteiger partial charge on any atom is -0.597 e. The Labute approximate surface area is 257 Å². The molecule has 2 aromatic carbocycles. The van der Waals surface area contributed by atoms with Crippen molar-refractivity contribution in [2.75, 3.05) is 13.1 Å². The summed E-state index contributed by atoms with van der Waals surface area (Å²) < 4.78 is 59.8. The van der Waals surface area contributed by atoms with Crippen LogP contribution in [0.2, 0.25) is 0 Å². The number of allylic oxidation sites excluding steroid dienone is 1. The zero-order valence-electron chi connectivity index (χ0n) is 24.6. The summed E-state index contributed by atoms with van der Waals surface area (Å²) >= 11 is -1.55. The number of halogens is 2. The third-order valence-electron chi connectivity index (χ3n) is 7.44. The number of rotatable bonds is 12. The number of nitrogens with one attached hydrogen (secondary N) is 1. The molecular weight excluding hydrogens is 598 g/mol. The van der Waals surface area contributed by atoms with Crippen LogP contribution >= 0.6 is 0 Å². The molecule has 0 bridgehead atoms. The summed E-state index contributed by atoms with van der Waals surface area (Å²) in [6.07, 6.45) is 2.36. The zero-order chi connectivity index (χ0) is 32.0. The van der Waals surface area contributed by atoms with Gasteiger partial charge in [0, 0.05) is 30.3 Å². The molecule has 1 aliphatic carbocycles. The number of nitrogens with zero attached hydrogens (tertiary/aromatic N) is 1. The molecule has 10 nitrogen and oxygen atoms in total. The van der Waals surface area contributed by atoms with Crippen molar-refractivity contribution in [3.63, 3.8) is 0 Å². The number of esters is 1. The SMILES string of the molecule is CC(OC(=O)NC(CC1CC=CC([S+]([O-])N2CC(Oc3ccc(F)cc3)(c3ccccc3F)C2)C1)C(=O)O)OC(=O)C(C)C. The van der Waals surface area contributed by atoms with E-state index in [0.717, 1.165) is 0 Å². The Kier molecular flexibility index (Phi) is 10.9. The van der Waals surface area contributed by atoms with Gasteiger partial charge in [0.1, 0.15) is 23.4 Å². The number of aliphatic carboxylic acids is 1. The smallest absolute Gasteiger partial charge is 0.410 e. The van der Waals surface area contributed by atoms with Gasteiger partial charge >= 0.3 is 18.0 Å². The molecule has 5 atom stereocenters. The van der Waals surface area contributed by atoms with E-state index in [9.17, 15) is 32.8 Å². The van der Waals surface area contributed by atoms with Crippen molar-refractivity contribution in [2.45, 2.75) is 63.2 Å². The van der Waals surface area contributed by atoms with Crippen molar-refractivity contribution >= 4 is 29.4 Å². The molecule has 1 fully saturated rings. The molecule has 0 spiro atoms. The maximum Gasteiger partial charge on any atom is 0.410 e. The molecule has 1 heterocycles. The highest BCUT2D eigenvalue weighted by molar-refractivity contribution is 7.89. The van der Waals surface area contributed by atoms with E-state index in [1.807, 2.05) is 12.2 Å². The third-order valence-corrected chi connectivity index (χ3v) is 9.07. The van der Waals surface area contributed by atoms with Crippen LogP contribution in [0.25, 0.3) is 0 Å². The van der Waals surface area contributed by atoms with E-state index < -0.39 is 70.1 Å². The topological polar surface area (TPSA) is 137 Å². The minimum absolute atomic E-state index is 0.0511. The number of hydrogen-bond donors (Lipinski definition) is 2. The van der Waals surface area contributed by atoms with Crippen LogP contribution in [0.1, 0.15) is 45.6 Å². The fraction of sp³-hybridized carbons (Fsp3) is 0.452. The minimum atomic E-state index is -1.55. The average molecular weight is 635 g/mol. The number of carboxylic acids is 1. The Balaban J connectivity index is 1.36. The highest BCUT2D eigenvalue weighted by Crippen LogP contribution is 2.41. The van der Waals surface area contributed by atoms with E-state index in [1.165, 1.54) is 37.3 Å². The molecule has 1 saturated heterocycles. The summed E-state index contributed by atoms with van der Waals surface area (Å²) in [7, 11) is 0. The summed E-state index contributed by atoms with van der Waals surface area (Å²) in [6, 6.07) is 10.3. The molecule has 5 unspecified atom stereocenters. The van der Waals surface area contributed by atoms with Crippen molar-refractivity contribution in [3.8, 4) is 5.75 Å². The number of amides is 1. The standard InChI is InChI=1S/C31H36F2N2O8S/c1-19(2)29(38)41-20(3)42-30(39)34-27(28(36)37)16-21-7-6-8-24(15-21)44(40)35-17-31(18-35,25-9-4-5-10-26(25)33)43-23-13-11-22(32)12-14-23/h4-6,8-14,19-21,24,27H,7,15-18H2,1-3H3,(H,34,39)(H,36,37). The Hall–Kier alpha value is -3.68. The molecule has 4 rings (SSSR count). The quantitative estimate of drug-likeness (QED) is 0.148.